The van der Waals surface area contributed by atoms with Gasteiger partial charge in [-0.3, -0.25) is 4.79 Å². The van der Waals surface area contributed by atoms with Crippen LogP contribution < -0.4 is 9.47 Å². The summed E-state index contributed by atoms with van der Waals surface area (Å²) >= 11 is 0. The fourth-order valence-electron chi connectivity index (χ4n) is 3.59. The van der Waals surface area contributed by atoms with Gasteiger partial charge in [0.2, 0.25) is 5.91 Å². The van der Waals surface area contributed by atoms with E-state index < -0.39 is 0 Å². The Kier molecular flexibility index (Phi) is 4.99. The highest BCUT2D eigenvalue weighted by Crippen LogP contribution is 2.34. The van der Waals surface area contributed by atoms with Gasteiger partial charge in [-0.15, -0.1) is 0 Å². The van der Waals surface area contributed by atoms with E-state index in [9.17, 15) is 4.79 Å². The minimum Gasteiger partial charge on any atom is -0.486 e. The molecule has 1 aromatic heterocycles. The molecule has 146 valence electrons. The lowest BCUT2D eigenvalue weighted by atomic mass is 10.0. The van der Waals surface area contributed by atoms with Crippen LogP contribution in [0.2, 0.25) is 0 Å². The van der Waals surface area contributed by atoms with E-state index in [2.05, 4.69) is 19.9 Å². The number of carbonyl (C=O) groups excluding carboxylic acids is 1. The predicted octanol–water partition coefficient (Wildman–Crippen LogP) is 4.41. The number of benzene rings is 2. The Morgan fingerprint density at radius 1 is 1.07 bits per heavy atom. The van der Waals surface area contributed by atoms with E-state index in [0.717, 1.165) is 33.6 Å². The topological polar surface area (TPSA) is 51.9 Å². The summed E-state index contributed by atoms with van der Waals surface area (Å²) in [6.07, 6.45) is 2.02. The minimum atomic E-state index is 0.0674. The van der Waals surface area contributed by atoms with E-state index in [1.54, 1.807) is 6.26 Å². The van der Waals surface area contributed by atoms with Crippen LogP contribution in [0.1, 0.15) is 29.2 Å². The van der Waals surface area contributed by atoms with E-state index >= 15 is 0 Å². The van der Waals surface area contributed by atoms with Crippen LogP contribution in [0.3, 0.4) is 0 Å². The summed E-state index contributed by atoms with van der Waals surface area (Å²) in [6.45, 7) is 8.33. The van der Waals surface area contributed by atoms with E-state index in [1.807, 2.05) is 36.1 Å². The average molecular weight is 379 g/mol. The van der Waals surface area contributed by atoms with Crippen LogP contribution in [0.4, 0.5) is 0 Å². The van der Waals surface area contributed by atoms with Crippen LogP contribution in [0.15, 0.2) is 41.0 Å². The molecule has 0 bridgehead atoms. The minimum absolute atomic E-state index is 0.0674. The third kappa shape index (κ3) is 3.44. The van der Waals surface area contributed by atoms with Gasteiger partial charge in [0, 0.05) is 29.6 Å². The Labute approximate surface area is 164 Å². The number of hydrogen-bond donors (Lipinski definition) is 0. The number of rotatable bonds is 5. The molecule has 0 aliphatic carbocycles. The molecule has 3 aromatic rings. The Bertz CT molecular complexity index is 1020. The number of amides is 1. The number of nitrogens with zero attached hydrogens (tertiary/aromatic N) is 1. The highest BCUT2D eigenvalue weighted by molar-refractivity contribution is 5.88. The van der Waals surface area contributed by atoms with E-state index in [0.29, 0.717) is 32.7 Å². The zero-order valence-electron chi connectivity index (χ0n) is 16.6. The van der Waals surface area contributed by atoms with Gasteiger partial charge in [0.05, 0.1) is 12.7 Å². The van der Waals surface area contributed by atoms with E-state index in [4.69, 9.17) is 13.9 Å². The van der Waals surface area contributed by atoms with Crippen LogP contribution >= 0.6 is 0 Å². The quantitative estimate of drug-likeness (QED) is 0.659. The monoisotopic (exact) mass is 379 g/mol. The molecule has 1 aliphatic heterocycles. The SMILES string of the molecule is CCN(Cc1cccc2c1OCCO2)C(=O)Cc1coc2cc(C)c(C)cc12. The van der Waals surface area contributed by atoms with Crippen molar-refractivity contribution in [2.24, 2.45) is 0 Å². The molecule has 28 heavy (non-hydrogen) atoms. The van der Waals surface area contributed by atoms with Crippen molar-refractivity contribution in [2.75, 3.05) is 19.8 Å². The van der Waals surface area contributed by atoms with Gasteiger partial charge in [-0.05, 0) is 50.1 Å². The van der Waals surface area contributed by atoms with Gasteiger partial charge in [-0.25, -0.2) is 0 Å². The first-order valence-electron chi connectivity index (χ1n) is 9.69. The van der Waals surface area contributed by atoms with Crippen molar-refractivity contribution in [3.05, 3.63) is 58.8 Å². The second-order valence-corrected chi connectivity index (χ2v) is 7.22. The molecule has 4 rings (SSSR count). The van der Waals surface area contributed by atoms with Gasteiger partial charge >= 0.3 is 0 Å². The molecule has 0 saturated carbocycles. The summed E-state index contributed by atoms with van der Waals surface area (Å²) < 4.78 is 17.1. The van der Waals surface area contributed by atoms with Gasteiger partial charge in [0.25, 0.3) is 0 Å². The van der Waals surface area contributed by atoms with Crippen molar-refractivity contribution in [1.29, 1.82) is 0 Å². The number of carbonyl (C=O) groups is 1. The molecule has 1 amide bonds. The Morgan fingerprint density at radius 2 is 1.86 bits per heavy atom. The van der Waals surface area contributed by atoms with Gasteiger partial charge in [0.15, 0.2) is 11.5 Å². The Balaban J connectivity index is 1.55. The molecule has 0 unspecified atom stereocenters. The first-order valence-corrected chi connectivity index (χ1v) is 9.69. The van der Waals surface area contributed by atoms with Crippen LogP contribution in [-0.4, -0.2) is 30.6 Å². The summed E-state index contributed by atoms with van der Waals surface area (Å²) in [5, 5.41) is 1.02. The van der Waals surface area contributed by atoms with Gasteiger partial charge < -0.3 is 18.8 Å². The molecule has 0 saturated heterocycles. The molecule has 0 spiro atoms. The Hall–Kier alpha value is -2.95. The summed E-state index contributed by atoms with van der Waals surface area (Å²) in [6, 6.07) is 9.96. The maximum Gasteiger partial charge on any atom is 0.227 e. The normalized spacial score (nSPS) is 13.0. The Morgan fingerprint density at radius 3 is 2.68 bits per heavy atom. The first kappa shape index (κ1) is 18.4. The average Bonchev–Trinajstić information content (AvgIpc) is 3.07. The molecule has 2 aromatic carbocycles. The van der Waals surface area contributed by atoms with Gasteiger partial charge in [-0.2, -0.15) is 0 Å². The fraction of sp³-hybridized carbons (Fsp3) is 0.348. The van der Waals surface area contributed by atoms with Gasteiger partial charge in [0.1, 0.15) is 18.8 Å². The van der Waals surface area contributed by atoms with Crippen molar-refractivity contribution in [3.8, 4) is 11.5 Å². The summed E-state index contributed by atoms with van der Waals surface area (Å²) in [5.41, 5.74) is 5.11. The van der Waals surface area contributed by atoms with Crippen molar-refractivity contribution >= 4 is 16.9 Å². The van der Waals surface area contributed by atoms with Crippen molar-refractivity contribution in [3.63, 3.8) is 0 Å². The molecule has 0 radical (unpaired) electrons. The number of para-hydroxylation sites is 1. The predicted molar refractivity (Wildman–Crippen MR) is 108 cm³/mol. The summed E-state index contributed by atoms with van der Waals surface area (Å²) in [4.78, 5) is 14.9. The number of aryl methyl sites for hydroxylation is 2. The number of likely N-dealkylation sites (N-methyl/N-ethyl adjacent to an activating group) is 1. The smallest absolute Gasteiger partial charge is 0.227 e. The van der Waals surface area contributed by atoms with Crippen molar-refractivity contribution in [2.45, 2.75) is 33.7 Å². The highest BCUT2D eigenvalue weighted by atomic mass is 16.6. The maximum absolute atomic E-state index is 13.0. The van der Waals surface area contributed by atoms with Gasteiger partial charge in [-0.1, -0.05) is 12.1 Å². The van der Waals surface area contributed by atoms with E-state index in [-0.39, 0.29) is 5.91 Å². The third-order valence-electron chi connectivity index (χ3n) is 5.36. The van der Waals surface area contributed by atoms with Crippen LogP contribution in [0.25, 0.3) is 11.0 Å². The number of hydrogen-bond acceptors (Lipinski definition) is 4. The molecule has 0 N–H and O–H groups in total. The lowest BCUT2D eigenvalue weighted by Gasteiger charge is -2.25. The van der Waals surface area contributed by atoms with Crippen LogP contribution in [0, 0.1) is 13.8 Å². The van der Waals surface area contributed by atoms with Crippen LogP contribution in [-0.2, 0) is 17.8 Å². The molecule has 5 nitrogen and oxygen atoms in total. The fourth-order valence-corrected chi connectivity index (χ4v) is 3.59. The highest BCUT2D eigenvalue weighted by Gasteiger charge is 2.21. The largest absolute Gasteiger partial charge is 0.486 e. The first-order chi connectivity index (χ1) is 13.6. The number of ether oxygens (including phenoxy) is 2. The summed E-state index contributed by atoms with van der Waals surface area (Å²) in [5.74, 6) is 1.57. The standard InChI is InChI=1S/C23H25NO4/c1-4-24(13-17-6-5-7-20-23(17)27-9-8-26-20)22(25)12-18-14-28-21-11-16(3)15(2)10-19(18)21/h5-7,10-11,14H,4,8-9,12-13H2,1-3H3. The molecule has 1 aliphatic rings. The number of fused-ring (bicyclic) bond motifs is 2. The number of furan rings is 1. The maximum atomic E-state index is 13.0. The zero-order valence-corrected chi connectivity index (χ0v) is 16.6. The molecular formula is C23H25NO4. The lowest BCUT2D eigenvalue weighted by Crippen LogP contribution is -2.32. The molecule has 0 fully saturated rings. The van der Waals surface area contributed by atoms with Crippen molar-refractivity contribution < 1.29 is 18.7 Å². The van der Waals surface area contributed by atoms with Crippen LogP contribution in [0.5, 0.6) is 11.5 Å². The second-order valence-electron chi connectivity index (χ2n) is 7.22. The summed E-state index contributed by atoms with van der Waals surface area (Å²) in [7, 11) is 0. The lowest BCUT2D eigenvalue weighted by molar-refractivity contribution is -0.130. The third-order valence-corrected chi connectivity index (χ3v) is 5.36. The molecule has 2 heterocycles. The van der Waals surface area contributed by atoms with Crippen molar-refractivity contribution in [1.82, 2.24) is 4.90 Å². The second kappa shape index (κ2) is 7.58. The molecular weight excluding hydrogens is 354 g/mol. The van der Waals surface area contributed by atoms with E-state index in [1.165, 1.54) is 11.1 Å². The zero-order chi connectivity index (χ0) is 19.7. The molecule has 0 atom stereocenters. The molecule has 5 heteroatoms.